The number of aliphatic hydroxyl groups excluding tert-OH is 1. The molecule has 1 aliphatic heterocycles. The van der Waals surface area contributed by atoms with Crippen LogP contribution in [0.15, 0.2) is 60.7 Å². The van der Waals surface area contributed by atoms with E-state index >= 15 is 0 Å². The molecule has 5 heteroatoms. The van der Waals surface area contributed by atoms with Gasteiger partial charge in [0.2, 0.25) is 5.91 Å². The highest BCUT2D eigenvalue weighted by molar-refractivity contribution is 5.78. The number of hydrogen-bond donors (Lipinski definition) is 2. The van der Waals surface area contributed by atoms with Crippen molar-refractivity contribution in [1.82, 2.24) is 15.1 Å². The lowest BCUT2D eigenvalue weighted by atomic mass is 10.1. The number of nitrogens with one attached hydrogen (secondary N) is 1. The van der Waals surface area contributed by atoms with Gasteiger partial charge in [-0.2, -0.15) is 0 Å². The summed E-state index contributed by atoms with van der Waals surface area (Å²) in [5, 5.41) is 13.3. The van der Waals surface area contributed by atoms with Crippen molar-refractivity contribution in [1.29, 1.82) is 0 Å². The van der Waals surface area contributed by atoms with Crippen LogP contribution in [-0.4, -0.2) is 60.1 Å². The summed E-state index contributed by atoms with van der Waals surface area (Å²) in [4.78, 5) is 16.6. The number of rotatable bonds is 7. The minimum absolute atomic E-state index is 0.0617. The number of carbonyl (C=O) groups is 1. The molecule has 2 aromatic carbocycles. The summed E-state index contributed by atoms with van der Waals surface area (Å²) in [6, 6.07) is 19.7. The van der Waals surface area contributed by atoms with E-state index in [0.29, 0.717) is 19.6 Å². The molecule has 5 nitrogen and oxygen atoms in total. The Morgan fingerprint density at radius 2 is 1.50 bits per heavy atom. The van der Waals surface area contributed by atoms with Crippen LogP contribution in [0.4, 0.5) is 0 Å². The molecule has 26 heavy (non-hydrogen) atoms. The smallest absolute Gasteiger partial charge is 0.234 e. The molecule has 1 heterocycles. The Hall–Kier alpha value is -2.21. The van der Waals surface area contributed by atoms with Crippen LogP contribution < -0.4 is 5.32 Å². The van der Waals surface area contributed by atoms with Gasteiger partial charge in [0.25, 0.3) is 0 Å². The van der Waals surface area contributed by atoms with Crippen LogP contribution >= 0.6 is 0 Å². The molecule has 0 aliphatic carbocycles. The van der Waals surface area contributed by atoms with Crippen molar-refractivity contribution in [2.75, 3.05) is 39.3 Å². The molecule has 1 fully saturated rings. The van der Waals surface area contributed by atoms with Crippen molar-refractivity contribution in [3.63, 3.8) is 0 Å². The SMILES string of the molecule is O=C(CN1CCN(CC(O)c2ccccc2)CC1)NCc1ccccc1. The molecular formula is C21H27N3O2. The van der Waals surface area contributed by atoms with Crippen molar-refractivity contribution in [2.24, 2.45) is 0 Å². The molecule has 1 unspecified atom stereocenters. The molecule has 0 bridgehead atoms. The second-order valence-corrected chi connectivity index (χ2v) is 6.77. The average molecular weight is 353 g/mol. The van der Waals surface area contributed by atoms with E-state index in [1.165, 1.54) is 0 Å². The number of aliphatic hydroxyl groups is 1. The summed E-state index contributed by atoms with van der Waals surface area (Å²) in [5.74, 6) is 0.0617. The van der Waals surface area contributed by atoms with Gasteiger partial charge in [-0.15, -0.1) is 0 Å². The van der Waals surface area contributed by atoms with E-state index in [-0.39, 0.29) is 5.91 Å². The Balaban J connectivity index is 1.36. The first-order chi connectivity index (χ1) is 12.7. The van der Waals surface area contributed by atoms with Gasteiger partial charge in [-0.25, -0.2) is 0 Å². The average Bonchev–Trinajstić information content (AvgIpc) is 2.69. The third kappa shape index (κ3) is 5.66. The van der Waals surface area contributed by atoms with Gasteiger partial charge in [0.1, 0.15) is 0 Å². The zero-order valence-electron chi connectivity index (χ0n) is 15.1. The van der Waals surface area contributed by atoms with Crippen LogP contribution in [0.3, 0.4) is 0 Å². The lowest BCUT2D eigenvalue weighted by molar-refractivity contribution is -0.122. The van der Waals surface area contributed by atoms with Crippen LogP contribution in [0.2, 0.25) is 0 Å². The normalized spacial score (nSPS) is 17.0. The summed E-state index contributed by atoms with van der Waals surface area (Å²) in [5.41, 5.74) is 2.07. The second kappa shape index (κ2) is 9.48. The summed E-state index contributed by atoms with van der Waals surface area (Å²) in [7, 11) is 0. The number of carbonyl (C=O) groups excluding carboxylic acids is 1. The van der Waals surface area contributed by atoms with E-state index in [1.807, 2.05) is 60.7 Å². The number of benzene rings is 2. The molecule has 1 amide bonds. The first-order valence-electron chi connectivity index (χ1n) is 9.19. The monoisotopic (exact) mass is 353 g/mol. The molecule has 138 valence electrons. The number of hydrogen-bond acceptors (Lipinski definition) is 4. The third-order valence-electron chi connectivity index (χ3n) is 4.78. The van der Waals surface area contributed by atoms with E-state index in [9.17, 15) is 9.90 Å². The fourth-order valence-electron chi connectivity index (χ4n) is 3.21. The quantitative estimate of drug-likeness (QED) is 0.795. The molecule has 0 spiro atoms. The van der Waals surface area contributed by atoms with Gasteiger partial charge < -0.3 is 10.4 Å². The fourth-order valence-corrected chi connectivity index (χ4v) is 3.21. The molecule has 1 saturated heterocycles. The minimum Gasteiger partial charge on any atom is -0.387 e. The highest BCUT2D eigenvalue weighted by Crippen LogP contribution is 2.14. The van der Waals surface area contributed by atoms with E-state index in [0.717, 1.165) is 37.3 Å². The predicted octanol–water partition coefficient (Wildman–Crippen LogP) is 1.65. The minimum atomic E-state index is -0.461. The topological polar surface area (TPSA) is 55.8 Å². The van der Waals surface area contributed by atoms with E-state index < -0.39 is 6.10 Å². The lowest BCUT2D eigenvalue weighted by Gasteiger charge is -2.35. The maximum Gasteiger partial charge on any atom is 0.234 e. The van der Waals surface area contributed by atoms with Crippen molar-refractivity contribution < 1.29 is 9.90 Å². The van der Waals surface area contributed by atoms with Crippen molar-refractivity contribution in [3.05, 3.63) is 71.8 Å². The number of piperazine rings is 1. The summed E-state index contributed by atoms with van der Waals surface area (Å²) < 4.78 is 0. The zero-order chi connectivity index (χ0) is 18.2. The van der Waals surface area contributed by atoms with E-state index in [4.69, 9.17) is 0 Å². The molecular weight excluding hydrogens is 326 g/mol. The van der Waals surface area contributed by atoms with Gasteiger partial charge in [-0.1, -0.05) is 60.7 Å². The largest absolute Gasteiger partial charge is 0.387 e. The first-order valence-corrected chi connectivity index (χ1v) is 9.19. The number of amides is 1. The van der Waals surface area contributed by atoms with Gasteiger partial charge in [-0.05, 0) is 11.1 Å². The van der Waals surface area contributed by atoms with Gasteiger partial charge in [0.15, 0.2) is 0 Å². The van der Waals surface area contributed by atoms with Crippen LogP contribution in [0, 0.1) is 0 Å². The lowest BCUT2D eigenvalue weighted by Crippen LogP contribution is -2.50. The molecule has 2 N–H and O–H groups in total. The highest BCUT2D eigenvalue weighted by Gasteiger charge is 2.21. The summed E-state index contributed by atoms with van der Waals surface area (Å²) in [6.45, 7) is 5.08. The second-order valence-electron chi connectivity index (χ2n) is 6.77. The molecule has 1 aliphatic rings. The Labute approximate surface area is 155 Å². The highest BCUT2D eigenvalue weighted by atomic mass is 16.3. The third-order valence-corrected chi connectivity index (χ3v) is 4.78. The van der Waals surface area contributed by atoms with Crippen molar-refractivity contribution in [3.8, 4) is 0 Å². The number of β-amino-alcohol motifs (C(OH)–C–C–N with tert-alkyl or cyclic N) is 1. The van der Waals surface area contributed by atoms with Crippen LogP contribution in [-0.2, 0) is 11.3 Å². The van der Waals surface area contributed by atoms with Crippen LogP contribution in [0.1, 0.15) is 17.2 Å². The molecule has 1 atom stereocenters. The van der Waals surface area contributed by atoms with Crippen LogP contribution in [0.25, 0.3) is 0 Å². The maximum absolute atomic E-state index is 12.1. The molecule has 0 radical (unpaired) electrons. The van der Waals surface area contributed by atoms with Gasteiger partial charge in [-0.3, -0.25) is 14.6 Å². The van der Waals surface area contributed by atoms with Crippen LogP contribution in [0.5, 0.6) is 0 Å². The Kier molecular flexibility index (Phi) is 6.77. The fraction of sp³-hybridized carbons (Fsp3) is 0.381. The number of nitrogens with zero attached hydrogens (tertiary/aromatic N) is 2. The molecule has 0 saturated carbocycles. The first kappa shape index (κ1) is 18.6. The molecule has 3 rings (SSSR count). The zero-order valence-corrected chi connectivity index (χ0v) is 15.1. The van der Waals surface area contributed by atoms with Gasteiger partial charge >= 0.3 is 0 Å². The standard InChI is InChI=1S/C21H27N3O2/c25-20(19-9-5-2-6-10-19)16-23-11-13-24(14-12-23)17-21(26)22-15-18-7-3-1-4-8-18/h1-10,20,25H,11-17H2,(H,22,26). The predicted molar refractivity (Wildman–Crippen MR) is 103 cm³/mol. The summed E-state index contributed by atoms with van der Waals surface area (Å²) in [6.07, 6.45) is -0.461. The van der Waals surface area contributed by atoms with Gasteiger partial charge in [0, 0.05) is 39.3 Å². The molecule has 2 aromatic rings. The van der Waals surface area contributed by atoms with Crippen molar-refractivity contribution in [2.45, 2.75) is 12.6 Å². The Bertz CT molecular complexity index is 670. The van der Waals surface area contributed by atoms with E-state index in [1.54, 1.807) is 0 Å². The molecule has 0 aromatic heterocycles. The van der Waals surface area contributed by atoms with E-state index in [2.05, 4.69) is 15.1 Å². The van der Waals surface area contributed by atoms with Gasteiger partial charge in [0.05, 0.1) is 12.6 Å². The Morgan fingerprint density at radius 3 is 2.15 bits per heavy atom. The summed E-state index contributed by atoms with van der Waals surface area (Å²) >= 11 is 0. The maximum atomic E-state index is 12.1. The Morgan fingerprint density at radius 1 is 0.923 bits per heavy atom. The van der Waals surface area contributed by atoms with Crippen molar-refractivity contribution >= 4 is 5.91 Å².